The number of carbonyl (C=O) groups excluding carboxylic acids is 2. The van der Waals surface area contributed by atoms with Crippen molar-refractivity contribution in [3.63, 3.8) is 0 Å². The third kappa shape index (κ3) is 10.4. The van der Waals surface area contributed by atoms with Gasteiger partial charge in [0.05, 0.1) is 20.8 Å². The number of aryl methyl sites for hydroxylation is 2. The number of allylic oxidation sites excluding steroid dienone is 1. The molecule has 4 rings (SSSR count). The van der Waals surface area contributed by atoms with Crippen molar-refractivity contribution in [2.45, 2.75) is 108 Å². The molecule has 0 spiro atoms. The molecule has 0 atom stereocenters. The van der Waals surface area contributed by atoms with Crippen LogP contribution in [0.2, 0.25) is 0 Å². The topological polar surface area (TPSA) is 79.9 Å². The predicted octanol–water partition coefficient (Wildman–Crippen LogP) is 9.58. The lowest BCUT2D eigenvalue weighted by Crippen LogP contribution is -2.47. The van der Waals surface area contributed by atoms with E-state index in [1.807, 2.05) is 91.5 Å². The minimum atomic E-state index is -0.0742. The van der Waals surface area contributed by atoms with E-state index in [2.05, 4.69) is 36.5 Å². The highest BCUT2D eigenvalue weighted by Crippen LogP contribution is 2.36. The quantitative estimate of drug-likeness (QED) is 0.253. The summed E-state index contributed by atoms with van der Waals surface area (Å²) in [4.78, 5) is 27.9. The van der Waals surface area contributed by atoms with E-state index in [0.717, 1.165) is 76.4 Å². The van der Waals surface area contributed by atoms with Crippen molar-refractivity contribution < 1.29 is 19.1 Å². The first-order chi connectivity index (χ1) is 21.2. The van der Waals surface area contributed by atoms with Gasteiger partial charge in [-0.05, 0) is 93.8 Å². The second-order valence-corrected chi connectivity index (χ2v) is 10.1. The van der Waals surface area contributed by atoms with Crippen LogP contribution in [0.15, 0.2) is 35.9 Å². The van der Waals surface area contributed by atoms with Crippen LogP contribution in [0.1, 0.15) is 103 Å². The number of carbonyl (C=O) groups is 2. The van der Waals surface area contributed by atoms with E-state index in [9.17, 15) is 9.59 Å². The molecule has 244 valence electrons. The first kappa shape index (κ1) is 40.1. The maximum Gasteiger partial charge on any atom is 0.322 e. The second kappa shape index (κ2) is 20.9. The lowest BCUT2D eigenvalue weighted by Gasteiger charge is -2.39. The number of nitrogens with one attached hydrogen (secondary N) is 2. The largest absolute Gasteiger partial charge is 0.496 e. The van der Waals surface area contributed by atoms with E-state index in [-0.39, 0.29) is 23.9 Å². The van der Waals surface area contributed by atoms with Crippen LogP contribution in [-0.2, 0) is 16.1 Å². The van der Waals surface area contributed by atoms with Gasteiger partial charge in [-0.1, -0.05) is 47.6 Å². The summed E-state index contributed by atoms with van der Waals surface area (Å²) >= 11 is 0. The van der Waals surface area contributed by atoms with Crippen LogP contribution in [0.4, 0.5) is 16.2 Å². The molecule has 2 N–H and O–H groups in total. The van der Waals surface area contributed by atoms with Crippen LogP contribution in [0, 0.1) is 32.6 Å². The fraction of sp³-hybridized carbons (Fsp3) is 0.514. The number of benzene rings is 2. The molecule has 0 saturated heterocycles. The smallest absolute Gasteiger partial charge is 0.322 e. The summed E-state index contributed by atoms with van der Waals surface area (Å²) in [5, 5.41) is 6.14. The molecule has 0 unspecified atom stereocenters. The third-order valence-electron chi connectivity index (χ3n) is 7.41. The summed E-state index contributed by atoms with van der Waals surface area (Å²) in [6, 6.07) is 9.88. The van der Waals surface area contributed by atoms with E-state index in [1.165, 1.54) is 0 Å². The normalized spacial score (nSPS) is 16.1. The highest BCUT2D eigenvalue weighted by Gasteiger charge is 2.34. The Kier molecular flexibility index (Phi) is 19.0. The molecule has 1 saturated carbocycles. The van der Waals surface area contributed by atoms with Gasteiger partial charge >= 0.3 is 6.03 Å². The van der Waals surface area contributed by atoms with E-state index in [1.54, 1.807) is 14.2 Å². The van der Waals surface area contributed by atoms with Crippen LogP contribution in [0.5, 0.6) is 5.75 Å². The Morgan fingerprint density at radius 2 is 1.50 bits per heavy atom. The van der Waals surface area contributed by atoms with Gasteiger partial charge in [0, 0.05) is 35.0 Å². The van der Waals surface area contributed by atoms with Crippen molar-refractivity contribution in [1.82, 2.24) is 4.90 Å². The van der Waals surface area contributed by atoms with Gasteiger partial charge in [0.25, 0.3) is 0 Å². The number of anilines is 2. The Hall–Kier alpha value is -3.92. The van der Waals surface area contributed by atoms with Crippen LogP contribution in [0.3, 0.4) is 0 Å². The van der Waals surface area contributed by atoms with Gasteiger partial charge in [0.15, 0.2) is 0 Å². The summed E-state index contributed by atoms with van der Waals surface area (Å²) < 4.78 is 11.0. The van der Waals surface area contributed by atoms with Gasteiger partial charge in [0.1, 0.15) is 11.5 Å². The highest BCUT2D eigenvalue weighted by molar-refractivity contribution is 5.94. The number of nitrogens with zero attached hydrogens (tertiary/aromatic N) is 1. The van der Waals surface area contributed by atoms with Crippen molar-refractivity contribution in [2.75, 3.05) is 24.9 Å². The highest BCUT2D eigenvalue weighted by atomic mass is 16.5. The van der Waals surface area contributed by atoms with Gasteiger partial charge in [-0.25, -0.2) is 4.79 Å². The summed E-state index contributed by atoms with van der Waals surface area (Å²) in [7, 11) is 3.30. The van der Waals surface area contributed by atoms with E-state index >= 15 is 0 Å². The zero-order chi connectivity index (χ0) is 34.0. The lowest BCUT2D eigenvalue weighted by atomic mass is 9.84. The fourth-order valence-corrected chi connectivity index (χ4v) is 5.40. The number of urea groups is 1. The molecule has 7 heteroatoms. The van der Waals surface area contributed by atoms with E-state index in [0.29, 0.717) is 6.54 Å². The molecule has 2 aliphatic rings. The zero-order valence-corrected chi connectivity index (χ0v) is 29.3. The molecular formula is C37H57N3O4. The number of ether oxygens (including phenoxy) is 2. The number of fused-ring (bicyclic) bond motifs is 1. The van der Waals surface area contributed by atoms with Crippen LogP contribution in [0.25, 0.3) is 5.76 Å². The number of hydrogen-bond donors (Lipinski definition) is 2. The molecular weight excluding hydrogens is 550 g/mol. The van der Waals surface area contributed by atoms with Gasteiger partial charge in [-0.3, -0.25) is 4.79 Å². The maximum atomic E-state index is 13.1. The number of methoxy groups -OCH3 is 2. The summed E-state index contributed by atoms with van der Waals surface area (Å²) in [5.74, 6) is 1.56. The molecule has 2 aromatic rings. The van der Waals surface area contributed by atoms with Crippen molar-refractivity contribution in [1.29, 1.82) is 0 Å². The van der Waals surface area contributed by atoms with Crippen molar-refractivity contribution >= 4 is 29.1 Å². The number of amides is 3. The minimum Gasteiger partial charge on any atom is -0.496 e. The van der Waals surface area contributed by atoms with Gasteiger partial charge in [-0.2, -0.15) is 0 Å². The minimum absolute atomic E-state index is 0.0318. The SMILES string of the molecule is C#C.CC.CC.CC.COC(=C(C)C)c1cc(C)c2c(c1)NC(=O)N(C1CCC(C(=O)Nc3ccc(C)c(OC)c3)CC1)C2. The molecule has 2 aromatic carbocycles. The zero-order valence-electron chi connectivity index (χ0n) is 29.3. The van der Waals surface area contributed by atoms with E-state index in [4.69, 9.17) is 9.47 Å². The van der Waals surface area contributed by atoms with E-state index < -0.39 is 0 Å². The Balaban J connectivity index is 0.00000214. The molecule has 0 bridgehead atoms. The number of hydrogen-bond acceptors (Lipinski definition) is 4. The first-order valence-corrected chi connectivity index (χ1v) is 15.9. The molecule has 1 aliphatic heterocycles. The Morgan fingerprint density at radius 1 is 0.909 bits per heavy atom. The summed E-state index contributed by atoms with van der Waals surface area (Å²) in [6.07, 6.45) is 11.1. The molecule has 0 aromatic heterocycles. The van der Waals surface area contributed by atoms with Gasteiger partial charge < -0.3 is 25.0 Å². The van der Waals surface area contributed by atoms with Crippen LogP contribution >= 0.6 is 0 Å². The summed E-state index contributed by atoms with van der Waals surface area (Å²) in [5.41, 5.74) is 6.95. The Bertz CT molecular complexity index is 1240. The second-order valence-electron chi connectivity index (χ2n) is 10.1. The van der Waals surface area contributed by atoms with Crippen molar-refractivity contribution in [2.24, 2.45) is 5.92 Å². The molecule has 7 nitrogen and oxygen atoms in total. The molecule has 1 aliphatic carbocycles. The van der Waals surface area contributed by atoms with Crippen molar-refractivity contribution in [3.8, 4) is 18.6 Å². The summed E-state index contributed by atoms with van der Waals surface area (Å²) in [6.45, 7) is 20.7. The first-order valence-electron chi connectivity index (χ1n) is 15.9. The maximum absolute atomic E-state index is 13.1. The molecule has 1 fully saturated rings. The Morgan fingerprint density at radius 3 is 2.02 bits per heavy atom. The number of terminal acetylenes is 1. The predicted molar refractivity (Wildman–Crippen MR) is 187 cm³/mol. The molecule has 1 heterocycles. The average Bonchev–Trinajstić information content (AvgIpc) is 3.05. The van der Waals surface area contributed by atoms with Gasteiger partial charge in [-0.15, -0.1) is 12.8 Å². The van der Waals surface area contributed by atoms with Gasteiger partial charge in [0.2, 0.25) is 5.91 Å². The molecule has 0 radical (unpaired) electrons. The van der Waals surface area contributed by atoms with Crippen molar-refractivity contribution in [3.05, 3.63) is 58.2 Å². The monoisotopic (exact) mass is 607 g/mol. The molecule has 44 heavy (non-hydrogen) atoms. The lowest BCUT2D eigenvalue weighted by molar-refractivity contribution is -0.121. The number of rotatable bonds is 6. The molecule has 3 amide bonds. The standard InChI is InChI=1S/C29H37N3O4.3C2H6.C2H2/c1-17(2)27(36-6)21-13-19(4)24-16-32(29(34)31-25(24)14-21)23-11-8-20(9-12-23)28(33)30-22-10-7-18(3)26(15-22)35-5;4*1-2/h7,10,13-15,20,23H,8-9,11-12,16H2,1-6H3,(H,30,33)(H,31,34);3*1-2H3;1-2H. The third-order valence-corrected chi connectivity index (χ3v) is 7.41. The average molecular weight is 608 g/mol. The fourth-order valence-electron chi connectivity index (χ4n) is 5.40. The van der Waals surface area contributed by atoms with Crippen LogP contribution in [-0.4, -0.2) is 37.1 Å². The van der Waals surface area contributed by atoms with Crippen LogP contribution < -0.4 is 15.4 Å². The Labute approximate surface area is 267 Å².